The van der Waals surface area contributed by atoms with E-state index < -0.39 is 28.9 Å². The number of ether oxygens (including phenoxy) is 1. The molecule has 0 saturated carbocycles. The van der Waals surface area contributed by atoms with Crippen LogP contribution in [0, 0.1) is 0 Å². The summed E-state index contributed by atoms with van der Waals surface area (Å²) in [6, 6.07) is 17.8. The molecule has 8 heteroatoms. The monoisotopic (exact) mass is 458 g/mol. The van der Waals surface area contributed by atoms with E-state index >= 15 is 0 Å². The first-order chi connectivity index (χ1) is 15.2. The van der Waals surface area contributed by atoms with Crippen LogP contribution in [0.4, 0.5) is 13.2 Å². The quantitative estimate of drug-likeness (QED) is 0.267. The number of halogens is 4. The maximum absolute atomic E-state index is 13.7. The number of hydrogen-bond donors (Lipinski definition) is 0. The van der Waals surface area contributed by atoms with Crippen LogP contribution in [-0.2, 0) is 17.4 Å². The van der Waals surface area contributed by atoms with Crippen LogP contribution in [0.1, 0.15) is 11.3 Å². The maximum Gasteiger partial charge on any atom is 0.450 e. The van der Waals surface area contributed by atoms with E-state index in [1.165, 1.54) is 36.4 Å². The van der Waals surface area contributed by atoms with Crippen LogP contribution in [-0.4, -0.2) is 5.97 Å². The topological polar surface area (TPSA) is 56.5 Å². The van der Waals surface area contributed by atoms with Gasteiger partial charge in [-0.1, -0.05) is 54.1 Å². The lowest BCUT2D eigenvalue weighted by molar-refractivity contribution is -0.152. The summed E-state index contributed by atoms with van der Waals surface area (Å²) in [4.78, 5) is 25.1. The highest BCUT2D eigenvalue weighted by molar-refractivity contribution is 6.30. The van der Waals surface area contributed by atoms with Gasteiger partial charge in [0.15, 0.2) is 0 Å². The van der Waals surface area contributed by atoms with E-state index in [0.29, 0.717) is 10.6 Å². The molecule has 1 aromatic heterocycles. The van der Waals surface area contributed by atoms with Gasteiger partial charge in [-0.15, -0.1) is 0 Å². The maximum atomic E-state index is 13.7. The van der Waals surface area contributed by atoms with E-state index in [9.17, 15) is 22.8 Å². The average Bonchev–Trinajstić information content (AvgIpc) is 2.75. The number of carbonyl (C=O) groups is 1. The van der Waals surface area contributed by atoms with Crippen LogP contribution >= 0.6 is 11.6 Å². The Morgan fingerprint density at radius 3 is 2.31 bits per heavy atom. The first-order valence-electron chi connectivity index (χ1n) is 9.41. The molecule has 0 atom stereocenters. The Morgan fingerprint density at radius 2 is 1.66 bits per heavy atom. The molecule has 4 nitrogen and oxygen atoms in total. The van der Waals surface area contributed by atoms with Crippen LogP contribution < -0.4 is 10.2 Å². The first-order valence-corrected chi connectivity index (χ1v) is 9.79. The van der Waals surface area contributed by atoms with Gasteiger partial charge in [0.05, 0.1) is 17.4 Å². The van der Waals surface area contributed by atoms with Gasteiger partial charge < -0.3 is 9.15 Å². The zero-order chi connectivity index (χ0) is 22.9. The third-order valence-corrected chi connectivity index (χ3v) is 4.93. The van der Waals surface area contributed by atoms with Crippen molar-refractivity contribution in [3.8, 4) is 16.9 Å². The summed E-state index contributed by atoms with van der Waals surface area (Å²) >= 11 is 5.81. The van der Waals surface area contributed by atoms with E-state index in [1.807, 2.05) is 0 Å². The molecule has 162 valence electrons. The summed E-state index contributed by atoms with van der Waals surface area (Å²) in [5.41, 5.74) is -0.992. The second-order valence-corrected chi connectivity index (χ2v) is 7.37. The number of carbonyl (C=O) groups excluding carboxylic acids is 1. The second kappa shape index (κ2) is 8.51. The summed E-state index contributed by atoms with van der Waals surface area (Å²) in [7, 11) is 0. The van der Waals surface area contributed by atoms with Crippen LogP contribution in [0.3, 0.4) is 0 Å². The van der Waals surface area contributed by atoms with Gasteiger partial charge in [-0.05, 0) is 35.4 Å². The predicted octanol–water partition coefficient (Wildman–Crippen LogP) is 6.28. The normalized spacial score (nSPS) is 11.5. The molecule has 0 aliphatic carbocycles. The summed E-state index contributed by atoms with van der Waals surface area (Å²) in [6.45, 7) is 0. The van der Waals surface area contributed by atoms with Gasteiger partial charge in [0.2, 0.25) is 11.2 Å². The first kappa shape index (κ1) is 21.6. The van der Waals surface area contributed by atoms with Crippen LogP contribution in [0.25, 0.3) is 22.1 Å². The SMILES string of the molecule is O=C(Cc1ccc(Cl)cc1)Oc1ccc2c(=O)c(-c3ccccc3)c(C(F)(F)F)oc2c1. The fourth-order valence-corrected chi connectivity index (χ4v) is 3.37. The Morgan fingerprint density at radius 1 is 0.969 bits per heavy atom. The van der Waals surface area contributed by atoms with Crippen molar-refractivity contribution in [2.75, 3.05) is 0 Å². The highest BCUT2D eigenvalue weighted by atomic mass is 35.5. The molecule has 0 amide bonds. The Labute approximate surface area is 184 Å². The molecule has 0 N–H and O–H groups in total. The van der Waals surface area contributed by atoms with Gasteiger partial charge in [-0.2, -0.15) is 13.2 Å². The lowest BCUT2D eigenvalue weighted by atomic mass is 10.0. The summed E-state index contributed by atoms with van der Waals surface area (Å²) in [5.74, 6) is -2.09. The number of fused-ring (bicyclic) bond motifs is 1. The molecule has 1 heterocycles. The van der Waals surface area contributed by atoms with Gasteiger partial charge in [0, 0.05) is 11.1 Å². The van der Waals surface area contributed by atoms with Gasteiger partial charge in [-0.3, -0.25) is 9.59 Å². The van der Waals surface area contributed by atoms with Gasteiger partial charge >= 0.3 is 12.1 Å². The summed E-state index contributed by atoms with van der Waals surface area (Å²) < 4.78 is 51.4. The Balaban J connectivity index is 1.72. The third kappa shape index (κ3) is 4.53. The van der Waals surface area contributed by atoms with Crippen molar-refractivity contribution in [1.82, 2.24) is 0 Å². The molecule has 0 aliphatic rings. The van der Waals surface area contributed by atoms with Crippen molar-refractivity contribution in [2.24, 2.45) is 0 Å². The molecule has 32 heavy (non-hydrogen) atoms. The smallest absolute Gasteiger partial charge is 0.450 e. The Kier molecular flexibility index (Phi) is 5.76. The summed E-state index contributed by atoms with van der Waals surface area (Å²) in [5, 5.41) is 0.455. The standard InChI is InChI=1S/C24H14ClF3O4/c25-16-8-6-14(7-9-16)12-20(29)31-17-10-11-18-19(13-17)32-23(24(26,27)28)21(22(18)30)15-4-2-1-3-5-15/h1-11,13H,12H2. The van der Waals surface area contributed by atoms with E-state index in [2.05, 4.69) is 0 Å². The van der Waals surface area contributed by atoms with Gasteiger partial charge in [0.1, 0.15) is 11.3 Å². The third-order valence-electron chi connectivity index (χ3n) is 4.68. The van der Waals surface area contributed by atoms with Crippen molar-refractivity contribution in [2.45, 2.75) is 12.6 Å². The predicted molar refractivity (Wildman–Crippen MR) is 114 cm³/mol. The minimum absolute atomic E-state index is 0.0415. The molecule has 0 saturated heterocycles. The van der Waals surface area contributed by atoms with Crippen molar-refractivity contribution in [1.29, 1.82) is 0 Å². The molecule has 0 unspecified atom stereocenters. The molecule has 0 spiro atoms. The van der Waals surface area contributed by atoms with E-state index in [4.69, 9.17) is 20.8 Å². The fourth-order valence-electron chi connectivity index (χ4n) is 3.24. The molecule has 0 aliphatic heterocycles. The van der Waals surface area contributed by atoms with Crippen molar-refractivity contribution >= 4 is 28.5 Å². The van der Waals surface area contributed by atoms with E-state index in [-0.39, 0.29) is 28.7 Å². The molecule has 4 rings (SSSR count). The number of alkyl halides is 3. The molecule has 0 radical (unpaired) electrons. The molecule has 3 aromatic carbocycles. The van der Waals surface area contributed by atoms with Gasteiger partial charge in [-0.25, -0.2) is 0 Å². The number of esters is 1. The average molecular weight is 459 g/mol. The number of hydrogen-bond acceptors (Lipinski definition) is 4. The lowest BCUT2D eigenvalue weighted by Crippen LogP contribution is -2.16. The lowest BCUT2D eigenvalue weighted by Gasteiger charge is -2.13. The van der Waals surface area contributed by atoms with Crippen molar-refractivity contribution in [3.63, 3.8) is 0 Å². The number of rotatable bonds is 4. The van der Waals surface area contributed by atoms with Crippen LogP contribution in [0.5, 0.6) is 5.75 Å². The number of benzene rings is 3. The largest absolute Gasteiger partial charge is 0.450 e. The fraction of sp³-hybridized carbons (Fsp3) is 0.0833. The van der Waals surface area contributed by atoms with Crippen molar-refractivity contribution in [3.05, 3.63) is 99.4 Å². The Hall–Kier alpha value is -3.58. The van der Waals surface area contributed by atoms with E-state index in [0.717, 1.165) is 6.07 Å². The molecular weight excluding hydrogens is 445 g/mol. The summed E-state index contributed by atoms with van der Waals surface area (Å²) in [6.07, 6.45) is -4.97. The highest BCUT2D eigenvalue weighted by Crippen LogP contribution is 2.37. The zero-order valence-electron chi connectivity index (χ0n) is 16.3. The van der Waals surface area contributed by atoms with E-state index in [1.54, 1.807) is 30.3 Å². The zero-order valence-corrected chi connectivity index (χ0v) is 17.0. The molecular formula is C24H14ClF3O4. The van der Waals surface area contributed by atoms with Gasteiger partial charge in [0.25, 0.3) is 0 Å². The minimum Gasteiger partial charge on any atom is -0.450 e. The highest BCUT2D eigenvalue weighted by Gasteiger charge is 2.39. The Bertz CT molecular complexity index is 1340. The molecule has 4 aromatic rings. The van der Waals surface area contributed by atoms with Crippen molar-refractivity contribution < 1.29 is 27.1 Å². The van der Waals surface area contributed by atoms with Crippen LogP contribution in [0.2, 0.25) is 5.02 Å². The molecule has 0 fully saturated rings. The van der Waals surface area contributed by atoms with Crippen LogP contribution in [0.15, 0.2) is 82.0 Å². The molecule has 0 bridgehead atoms. The minimum atomic E-state index is -4.90. The second-order valence-electron chi connectivity index (χ2n) is 6.93.